The van der Waals surface area contributed by atoms with Crippen LogP contribution in [0.25, 0.3) is 5.76 Å². The van der Waals surface area contributed by atoms with Gasteiger partial charge < -0.3 is 14.7 Å². The van der Waals surface area contributed by atoms with Crippen molar-refractivity contribution in [2.24, 2.45) is 0 Å². The molecule has 0 bridgehead atoms. The van der Waals surface area contributed by atoms with Crippen LogP contribution >= 0.6 is 11.3 Å². The Morgan fingerprint density at radius 3 is 2.81 bits per heavy atom. The van der Waals surface area contributed by atoms with Gasteiger partial charge in [0.2, 0.25) is 0 Å². The first kappa shape index (κ1) is 19.5. The van der Waals surface area contributed by atoms with E-state index in [0.29, 0.717) is 18.7 Å². The molecule has 0 spiro atoms. The summed E-state index contributed by atoms with van der Waals surface area (Å²) in [6, 6.07) is 12.1. The number of nitrogens with zero attached hydrogens (tertiary/aromatic N) is 2. The molecule has 156 valence electrons. The Balaban J connectivity index is 1.63. The van der Waals surface area contributed by atoms with E-state index in [1.807, 2.05) is 29.6 Å². The lowest BCUT2D eigenvalue weighted by molar-refractivity contribution is -0.140. The number of ether oxygens (including phenoxy) is 1. The number of hydrogen-bond acceptors (Lipinski definition) is 6. The zero-order chi connectivity index (χ0) is 21.4. The van der Waals surface area contributed by atoms with Crippen LogP contribution in [-0.4, -0.2) is 33.3 Å². The molecule has 1 N–H and O–H groups in total. The maximum atomic E-state index is 13.1. The maximum absolute atomic E-state index is 13.1. The van der Waals surface area contributed by atoms with Crippen molar-refractivity contribution in [3.63, 3.8) is 0 Å². The van der Waals surface area contributed by atoms with Crippen LogP contribution in [0.1, 0.15) is 34.0 Å². The van der Waals surface area contributed by atoms with Crippen LogP contribution in [0.4, 0.5) is 0 Å². The number of aliphatic hydroxyl groups is 1. The van der Waals surface area contributed by atoms with Gasteiger partial charge in [0.15, 0.2) is 0 Å². The van der Waals surface area contributed by atoms with Gasteiger partial charge in [-0.2, -0.15) is 0 Å². The number of carbonyl (C=O) groups excluding carboxylic acids is 2. The molecule has 1 saturated heterocycles. The molecule has 0 aliphatic carbocycles. The van der Waals surface area contributed by atoms with Gasteiger partial charge in [0.25, 0.3) is 11.7 Å². The Labute approximate surface area is 183 Å². The van der Waals surface area contributed by atoms with E-state index in [9.17, 15) is 14.7 Å². The van der Waals surface area contributed by atoms with Crippen LogP contribution in [0.5, 0.6) is 5.75 Å². The number of thiophene rings is 1. The molecular formula is C24H20N2O4S. The predicted octanol–water partition coefficient (Wildman–Crippen LogP) is 4.09. The van der Waals surface area contributed by atoms with Crippen molar-refractivity contribution in [3.8, 4) is 5.75 Å². The van der Waals surface area contributed by atoms with Gasteiger partial charge in [0.05, 0.1) is 24.8 Å². The number of carbonyl (C=O) groups is 2. The van der Waals surface area contributed by atoms with Crippen molar-refractivity contribution < 1.29 is 19.4 Å². The molecule has 7 heteroatoms. The van der Waals surface area contributed by atoms with Crippen LogP contribution in [0.2, 0.25) is 0 Å². The van der Waals surface area contributed by atoms with Crippen molar-refractivity contribution >= 4 is 28.8 Å². The lowest BCUT2D eigenvalue weighted by Crippen LogP contribution is -2.28. The minimum atomic E-state index is -0.683. The Morgan fingerprint density at radius 1 is 1.19 bits per heavy atom. The number of rotatable bonds is 4. The standard InChI is InChI=1S/C24H20N2O4S/c27-22(17-5-6-19-16(13-17)3-1-11-30-19)20-21(15-7-9-25-10-8-15)26(24(29)23(20)28)14-18-4-2-12-31-18/h2,4-10,12-13,21,27H,1,3,11,14H2/b22-20-. The highest BCUT2D eigenvalue weighted by atomic mass is 32.1. The summed E-state index contributed by atoms with van der Waals surface area (Å²) in [5.74, 6) is -0.656. The third-order valence-electron chi connectivity index (χ3n) is 5.65. The first-order chi connectivity index (χ1) is 15.1. The summed E-state index contributed by atoms with van der Waals surface area (Å²) < 4.78 is 5.66. The summed E-state index contributed by atoms with van der Waals surface area (Å²) in [6.07, 6.45) is 4.99. The van der Waals surface area contributed by atoms with Crippen molar-refractivity contribution in [2.75, 3.05) is 6.61 Å². The average molecular weight is 433 g/mol. The Bertz CT molecular complexity index is 1170. The first-order valence-electron chi connectivity index (χ1n) is 10.1. The lowest BCUT2D eigenvalue weighted by atomic mass is 9.94. The molecule has 1 atom stereocenters. The average Bonchev–Trinajstić information content (AvgIpc) is 3.41. The molecule has 31 heavy (non-hydrogen) atoms. The fourth-order valence-corrected chi connectivity index (χ4v) is 4.87. The van der Waals surface area contributed by atoms with E-state index in [1.165, 1.54) is 16.2 Å². The van der Waals surface area contributed by atoms with E-state index >= 15 is 0 Å². The van der Waals surface area contributed by atoms with E-state index in [4.69, 9.17) is 4.74 Å². The van der Waals surface area contributed by atoms with Crippen LogP contribution in [0, 0.1) is 0 Å². The summed E-state index contributed by atoms with van der Waals surface area (Å²) in [5, 5.41) is 13.1. The predicted molar refractivity (Wildman–Crippen MR) is 117 cm³/mol. The van der Waals surface area contributed by atoms with Gasteiger partial charge in [-0.1, -0.05) is 6.07 Å². The van der Waals surface area contributed by atoms with Crippen molar-refractivity contribution in [1.29, 1.82) is 0 Å². The summed E-state index contributed by atoms with van der Waals surface area (Å²) in [6.45, 7) is 0.970. The highest BCUT2D eigenvalue weighted by Crippen LogP contribution is 2.41. The smallest absolute Gasteiger partial charge is 0.295 e. The number of aryl methyl sites for hydroxylation is 1. The van der Waals surface area contributed by atoms with Crippen molar-refractivity contribution in [1.82, 2.24) is 9.88 Å². The molecule has 0 radical (unpaired) electrons. The van der Waals surface area contributed by atoms with E-state index in [2.05, 4.69) is 4.98 Å². The molecule has 3 aromatic rings. The van der Waals surface area contributed by atoms with Gasteiger partial charge in [-0.25, -0.2) is 0 Å². The minimum Gasteiger partial charge on any atom is -0.507 e. The van der Waals surface area contributed by atoms with E-state index in [-0.39, 0.29) is 11.3 Å². The number of Topliss-reactive ketones (excluding diaryl/α,β-unsaturated/α-hetero) is 1. The molecule has 1 unspecified atom stereocenters. The maximum Gasteiger partial charge on any atom is 0.295 e. The number of amides is 1. The molecule has 2 aromatic heterocycles. The van der Waals surface area contributed by atoms with Gasteiger partial charge in [-0.05, 0) is 65.7 Å². The van der Waals surface area contributed by atoms with Gasteiger partial charge in [-0.15, -0.1) is 11.3 Å². The van der Waals surface area contributed by atoms with E-state index in [0.717, 1.165) is 34.6 Å². The van der Waals surface area contributed by atoms with Crippen LogP contribution in [0.15, 0.2) is 65.8 Å². The fourth-order valence-electron chi connectivity index (χ4n) is 4.17. The molecule has 4 heterocycles. The molecular weight excluding hydrogens is 412 g/mol. The number of ketones is 1. The molecule has 1 aromatic carbocycles. The molecule has 5 rings (SSSR count). The summed E-state index contributed by atoms with van der Waals surface area (Å²) in [7, 11) is 0. The third kappa shape index (κ3) is 3.51. The highest BCUT2D eigenvalue weighted by Gasteiger charge is 2.46. The molecule has 1 fully saturated rings. The second-order valence-electron chi connectivity index (χ2n) is 7.56. The largest absolute Gasteiger partial charge is 0.507 e. The van der Waals surface area contributed by atoms with Crippen molar-refractivity contribution in [2.45, 2.75) is 25.4 Å². The minimum absolute atomic E-state index is 0.101. The monoisotopic (exact) mass is 432 g/mol. The second-order valence-corrected chi connectivity index (χ2v) is 8.59. The van der Waals surface area contributed by atoms with Gasteiger partial charge in [0, 0.05) is 22.8 Å². The Morgan fingerprint density at radius 2 is 2.03 bits per heavy atom. The highest BCUT2D eigenvalue weighted by molar-refractivity contribution is 7.09. The lowest BCUT2D eigenvalue weighted by Gasteiger charge is -2.25. The van der Waals surface area contributed by atoms with Crippen molar-refractivity contribution in [3.05, 3.63) is 87.4 Å². The molecule has 6 nitrogen and oxygen atoms in total. The van der Waals surface area contributed by atoms with Gasteiger partial charge in [-0.3, -0.25) is 14.6 Å². The zero-order valence-electron chi connectivity index (χ0n) is 16.7. The number of pyridine rings is 1. The first-order valence-corrected chi connectivity index (χ1v) is 11.0. The number of aliphatic hydroxyl groups excluding tert-OH is 1. The van der Waals surface area contributed by atoms with Crippen LogP contribution in [0.3, 0.4) is 0 Å². The summed E-state index contributed by atoms with van der Waals surface area (Å²) in [5.41, 5.74) is 2.33. The Hall–Kier alpha value is -3.45. The number of hydrogen-bond donors (Lipinski definition) is 1. The van der Waals surface area contributed by atoms with Crippen LogP contribution in [-0.2, 0) is 22.6 Å². The topological polar surface area (TPSA) is 79.7 Å². The summed E-state index contributed by atoms with van der Waals surface area (Å²) >= 11 is 1.52. The fraction of sp³-hybridized carbons (Fsp3) is 0.208. The molecule has 2 aliphatic rings. The molecule has 1 amide bonds. The zero-order valence-corrected chi connectivity index (χ0v) is 17.5. The molecule has 2 aliphatic heterocycles. The normalized spacial score (nSPS) is 19.9. The number of likely N-dealkylation sites (tertiary alicyclic amines) is 1. The van der Waals surface area contributed by atoms with Crippen LogP contribution < -0.4 is 4.74 Å². The number of aromatic nitrogens is 1. The third-order valence-corrected chi connectivity index (χ3v) is 6.51. The quantitative estimate of drug-likeness (QED) is 0.382. The van der Waals surface area contributed by atoms with Gasteiger partial charge >= 0.3 is 0 Å². The summed E-state index contributed by atoms with van der Waals surface area (Å²) in [4.78, 5) is 32.6. The molecule has 0 saturated carbocycles. The van der Waals surface area contributed by atoms with E-state index < -0.39 is 17.7 Å². The Kier molecular flexibility index (Phi) is 5.03. The van der Waals surface area contributed by atoms with E-state index in [1.54, 1.807) is 30.6 Å². The SMILES string of the molecule is O=C1C(=O)N(Cc2cccs2)C(c2ccncc2)/C1=C(/O)c1ccc2c(c1)CCCO2. The second kappa shape index (κ2) is 8.00. The number of fused-ring (bicyclic) bond motifs is 1. The van der Waals surface area contributed by atoms with Gasteiger partial charge in [0.1, 0.15) is 11.5 Å². The number of benzene rings is 1.